The summed E-state index contributed by atoms with van der Waals surface area (Å²) in [5, 5.41) is 10.5. The van der Waals surface area contributed by atoms with Crippen LogP contribution in [0.4, 0.5) is 8.78 Å². The molecule has 2 aromatic carbocycles. The molecule has 0 aliphatic rings. The summed E-state index contributed by atoms with van der Waals surface area (Å²) >= 11 is 0. The number of rotatable bonds is 4. The highest BCUT2D eigenvalue weighted by Crippen LogP contribution is 2.17. The van der Waals surface area contributed by atoms with Crippen molar-refractivity contribution in [1.29, 1.82) is 0 Å². The Labute approximate surface area is 142 Å². The first-order valence-electron chi connectivity index (χ1n) is 7.45. The number of nitrogens with zero attached hydrogens (tertiary/aromatic N) is 2. The molecule has 1 aromatic heterocycles. The molecule has 0 spiro atoms. The zero-order valence-corrected chi connectivity index (χ0v) is 13.3. The highest BCUT2D eigenvalue weighted by Gasteiger charge is 2.12. The summed E-state index contributed by atoms with van der Waals surface area (Å²) in [5.74, 6) is -1.74. The van der Waals surface area contributed by atoms with Crippen LogP contribution in [0.25, 0.3) is 11.3 Å². The minimum Gasteiger partial charge on any atom is -0.272 e. The summed E-state index contributed by atoms with van der Waals surface area (Å²) in [6.07, 6.45) is 0. The van der Waals surface area contributed by atoms with Crippen LogP contribution in [0.2, 0.25) is 0 Å². The van der Waals surface area contributed by atoms with E-state index in [9.17, 15) is 13.6 Å². The lowest BCUT2D eigenvalue weighted by Crippen LogP contribution is -2.20. The molecule has 1 amide bonds. The molecule has 25 heavy (non-hydrogen) atoms. The quantitative estimate of drug-likeness (QED) is 0.564. The number of H-pyrrole nitrogens is 1. The van der Waals surface area contributed by atoms with Crippen molar-refractivity contribution in [3.63, 3.8) is 0 Å². The van der Waals surface area contributed by atoms with E-state index >= 15 is 0 Å². The Morgan fingerprint density at radius 2 is 1.88 bits per heavy atom. The molecule has 0 unspecified atom stereocenters. The van der Waals surface area contributed by atoms with Crippen molar-refractivity contribution in [2.45, 2.75) is 6.92 Å². The topological polar surface area (TPSA) is 70.1 Å². The van der Waals surface area contributed by atoms with Crippen LogP contribution in [0, 0.1) is 11.6 Å². The van der Waals surface area contributed by atoms with Crippen LogP contribution in [0.5, 0.6) is 0 Å². The average molecular weight is 340 g/mol. The molecule has 0 atom stereocenters. The number of aromatic nitrogens is 2. The number of benzene rings is 2. The van der Waals surface area contributed by atoms with Crippen molar-refractivity contribution >= 4 is 11.6 Å². The molecule has 0 saturated heterocycles. The zero-order valence-electron chi connectivity index (χ0n) is 13.3. The fraction of sp³-hybridized carbons (Fsp3) is 0.0556. The minimum atomic E-state index is -0.621. The molecule has 7 heteroatoms. The molecule has 0 aliphatic carbocycles. The molecule has 0 bridgehead atoms. The number of aromatic amines is 1. The van der Waals surface area contributed by atoms with Gasteiger partial charge in [-0.05, 0) is 31.2 Å². The molecule has 0 saturated carbocycles. The highest BCUT2D eigenvalue weighted by molar-refractivity contribution is 6.00. The van der Waals surface area contributed by atoms with Crippen molar-refractivity contribution in [3.8, 4) is 11.3 Å². The van der Waals surface area contributed by atoms with Crippen molar-refractivity contribution in [3.05, 3.63) is 77.5 Å². The first-order chi connectivity index (χ1) is 12.0. The molecule has 3 aromatic rings. The number of carbonyl (C=O) groups is 1. The number of hydrazone groups is 1. The SMILES string of the molecule is C/C(=N/NC(=O)c1cc(-c2ccccc2)n[nH]1)c1cc(F)ccc1F. The summed E-state index contributed by atoms with van der Waals surface area (Å²) in [6, 6.07) is 14.0. The fourth-order valence-corrected chi connectivity index (χ4v) is 2.22. The van der Waals surface area contributed by atoms with Crippen LogP contribution < -0.4 is 5.43 Å². The highest BCUT2D eigenvalue weighted by atomic mass is 19.1. The smallest absolute Gasteiger partial charge is 0.272 e. The molecule has 0 aliphatic heterocycles. The van der Waals surface area contributed by atoms with Gasteiger partial charge in [0, 0.05) is 11.1 Å². The van der Waals surface area contributed by atoms with Gasteiger partial charge in [0.15, 0.2) is 0 Å². The largest absolute Gasteiger partial charge is 0.289 e. The Morgan fingerprint density at radius 1 is 1.12 bits per heavy atom. The van der Waals surface area contributed by atoms with Gasteiger partial charge in [0.25, 0.3) is 5.91 Å². The second-order valence-electron chi connectivity index (χ2n) is 5.30. The average Bonchev–Trinajstić information content (AvgIpc) is 3.12. The number of halogens is 2. The molecular weight excluding hydrogens is 326 g/mol. The molecule has 2 N–H and O–H groups in total. The molecule has 3 rings (SSSR count). The van der Waals surface area contributed by atoms with E-state index in [0.717, 1.165) is 23.8 Å². The third-order valence-electron chi connectivity index (χ3n) is 3.54. The van der Waals surface area contributed by atoms with Crippen LogP contribution in [-0.4, -0.2) is 21.8 Å². The van der Waals surface area contributed by atoms with Crippen molar-refractivity contribution in [2.75, 3.05) is 0 Å². The normalized spacial score (nSPS) is 11.4. The fourth-order valence-electron chi connectivity index (χ4n) is 2.22. The summed E-state index contributed by atoms with van der Waals surface area (Å²) in [5.41, 5.74) is 4.10. The van der Waals surface area contributed by atoms with Crippen LogP contribution in [0.3, 0.4) is 0 Å². The number of hydrogen-bond donors (Lipinski definition) is 2. The van der Waals surface area contributed by atoms with Crippen LogP contribution >= 0.6 is 0 Å². The van der Waals surface area contributed by atoms with Gasteiger partial charge in [-0.3, -0.25) is 9.89 Å². The van der Waals surface area contributed by atoms with E-state index in [1.165, 1.54) is 6.92 Å². The third-order valence-corrected chi connectivity index (χ3v) is 3.54. The molecule has 1 heterocycles. The van der Waals surface area contributed by atoms with E-state index in [1.54, 1.807) is 6.07 Å². The zero-order chi connectivity index (χ0) is 17.8. The van der Waals surface area contributed by atoms with Gasteiger partial charge in [-0.1, -0.05) is 30.3 Å². The summed E-state index contributed by atoms with van der Waals surface area (Å²) in [4.78, 5) is 12.1. The van der Waals surface area contributed by atoms with Crippen LogP contribution in [0.1, 0.15) is 23.0 Å². The standard InChI is InChI=1S/C18H14F2N4O/c1-11(14-9-13(19)7-8-15(14)20)21-24-18(25)17-10-16(22-23-17)12-5-3-2-4-6-12/h2-10H,1H3,(H,22,23)(H,24,25)/b21-11-. The Balaban J connectivity index is 1.74. The number of hydrogen-bond acceptors (Lipinski definition) is 3. The maximum Gasteiger partial charge on any atom is 0.289 e. The van der Waals surface area contributed by atoms with E-state index in [0.29, 0.717) is 5.69 Å². The van der Waals surface area contributed by atoms with Gasteiger partial charge in [-0.25, -0.2) is 14.2 Å². The second kappa shape index (κ2) is 7.04. The van der Waals surface area contributed by atoms with Gasteiger partial charge in [0.2, 0.25) is 0 Å². The van der Waals surface area contributed by atoms with Crippen molar-refractivity contribution < 1.29 is 13.6 Å². The van der Waals surface area contributed by atoms with Gasteiger partial charge in [0.1, 0.15) is 17.3 Å². The Morgan fingerprint density at radius 3 is 2.64 bits per heavy atom. The number of amides is 1. The Bertz CT molecular complexity index is 935. The van der Waals surface area contributed by atoms with Crippen molar-refractivity contribution in [2.24, 2.45) is 5.10 Å². The van der Waals surface area contributed by atoms with Gasteiger partial charge in [0.05, 0.1) is 11.4 Å². The van der Waals surface area contributed by atoms with E-state index in [1.807, 2.05) is 30.3 Å². The van der Waals surface area contributed by atoms with E-state index in [4.69, 9.17) is 0 Å². The predicted molar refractivity (Wildman–Crippen MR) is 90.1 cm³/mol. The molecule has 0 fully saturated rings. The maximum atomic E-state index is 13.7. The lowest BCUT2D eigenvalue weighted by molar-refractivity contribution is 0.0950. The lowest BCUT2D eigenvalue weighted by atomic mass is 10.1. The van der Waals surface area contributed by atoms with E-state index in [-0.39, 0.29) is 17.0 Å². The number of carbonyl (C=O) groups excluding carboxylic acids is 1. The molecule has 0 radical (unpaired) electrons. The van der Waals surface area contributed by atoms with E-state index in [2.05, 4.69) is 20.7 Å². The van der Waals surface area contributed by atoms with Gasteiger partial charge >= 0.3 is 0 Å². The Hall–Kier alpha value is -3.35. The van der Waals surface area contributed by atoms with E-state index < -0.39 is 17.5 Å². The summed E-state index contributed by atoms with van der Waals surface area (Å²) in [6.45, 7) is 1.47. The Kier molecular flexibility index (Phi) is 4.65. The monoisotopic (exact) mass is 340 g/mol. The second-order valence-corrected chi connectivity index (χ2v) is 5.30. The first-order valence-corrected chi connectivity index (χ1v) is 7.45. The lowest BCUT2D eigenvalue weighted by Gasteiger charge is -2.03. The van der Waals surface area contributed by atoms with Gasteiger partial charge in [-0.15, -0.1) is 0 Å². The van der Waals surface area contributed by atoms with Gasteiger partial charge in [-0.2, -0.15) is 10.2 Å². The maximum absolute atomic E-state index is 13.7. The molecule has 5 nitrogen and oxygen atoms in total. The number of nitrogens with one attached hydrogen (secondary N) is 2. The predicted octanol–water partition coefficient (Wildman–Crippen LogP) is 3.51. The molecule has 126 valence electrons. The summed E-state index contributed by atoms with van der Waals surface area (Å²) < 4.78 is 26.9. The summed E-state index contributed by atoms with van der Waals surface area (Å²) in [7, 11) is 0. The van der Waals surface area contributed by atoms with Crippen LogP contribution in [-0.2, 0) is 0 Å². The van der Waals surface area contributed by atoms with Gasteiger partial charge < -0.3 is 0 Å². The third kappa shape index (κ3) is 3.77. The molecular formula is C18H14F2N4O. The first kappa shape index (κ1) is 16.5. The van der Waals surface area contributed by atoms with Crippen LogP contribution in [0.15, 0.2) is 59.7 Å². The minimum absolute atomic E-state index is 0.0186. The van der Waals surface area contributed by atoms with Crippen molar-refractivity contribution in [1.82, 2.24) is 15.6 Å².